The van der Waals surface area contributed by atoms with Crippen LogP contribution in [0.15, 0.2) is 48.5 Å². The Morgan fingerprint density at radius 1 is 1.20 bits per heavy atom. The summed E-state index contributed by atoms with van der Waals surface area (Å²) >= 11 is 6.14. The molecule has 1 aliphatic heterocycles. The molecule has 0 saturated carbocycles. The molecule has 0 spiro atoms. The molecule has 102 valence electrons. The van der Waals surface area contributed by atoms with Gasteiger partial charge < -0.3 is 4.90 Å². The summed E-state index contributed by atoms with van der Waals surface area (Å²) < 4.78 is 0. The second kappa shape index (κ2) is 5.27. The van der Waals surface area contributed by atoms with Gasteiger partial charge in [0.25, 0.3) is 0 Å². The average molecular weight is 287 g/mol. The van der Waals surface area contributed by atoms with Gasteiger partial charge in [-0.1, -0.05) is 41.9 Å². The second-order valence-electron chi connectivity index (χ2n) is 4.88. The van der Waals surface area contributed by atoms with Crippen LogP contribution in [0.4, 0.5) is 5.69 Å². The molecule has 3 nitrogen and oxygen atoms in total. The van der Waals surface area contributed by atoms with Crippen LogP contribution in [0.25, 0.3) is 0 Å². The van der Waals surface area contributed by atoms with Crippen LogP contribution in [0.1, 0.15) is 17.2 Å². The third kappa shape index (κ3) is 2.30. The summed E-state index contributed by atoms with van der Waals surface area (Å²) in [5.74, 6) is 0.0482. The lowest BCUT2D eigenvalue weighted by Crippen LogP contribution is -2.33. The Morgan fingerprint density at radius 3 is 2.70 bits per heavy atom. The lowest BCUT2D eigenvalue weighted by molar-refractivity contribution is -0.117. The molecule has 0 unspecified atom stereocenters. The Kier molecular flexibility index (Phi) is 3.47. The van der Waals surface area contributed by atoms with Crippen LogP contribution in [0.5, 0.6) is 0 Å². The van der Waals surface area contributed by atoms with Crippen molar-refractivity contribution in [2.24, 2.45) is 0 Å². The molecule has 1 aliphatic rings. The summed E-state index contributed by atoms with van der Waals surface area (Å²) in [5.41, 5.74) is 3.05. The molecular weight excluding hydrogens is 272 g/mol. The topological polar surface area (TPSA) is 32.3 Å². The van der Waals surface area contributed by atoms with Gasteiger partial charge in [0.15, 0.2) is 0 Å². The minimum Gasteiger partial charge on any atom is -0.314 e. The number of benzene rings is 2. The van der Waals surface area contributed by atoms with Crippen LogP contribution in [-0.4, -0.2) is 19.5 Å². The monoisotopic (exact) mass is 286 g/mol. The summed E-state index contributed by atoms with van der Waals surface area (Å²) in [6, 6.07) is 15.7. The number of anilines is 1. The van der Waals surface area contributed by atoms with E-state index in [-0.39, 0.29) is 11.9 Å². The first-order valence-corrected chi connectivity index (χ1v) is 6.89. The van der Waals surface area contributed by atoms with Gasteiger partial charge in [0.05, 0.1) is 12.6 Å². The molecule has 0 saturated heterocycles. The predicted molar refractivity (Wildman–Crippen MR) is 81.1 cm³/mol. The van der Waals surface area contributed by atoms with Crippen molar-refractivity contribution in [1.82, 2.24) is 5.32 Å². The first kappa shape index (κ1) is 13.2. The Hall–Kier alpha value is -1.84. The number of fused-ring (bicyclic) bond motifs is 1. The fourth-order valence-electron chi connectivity index (χ4n) is 2.56. The molecule has 1 N–H and O–H groups in total. The van der Waals surface area contributed by atoms with Crippen molar-refractivity contribution in [2.45, 2.75) is 6.04 Å². The molecule has 20 heavy (non-hydrogen) atoms. The number of rotatable bonds is 1. The maximum atomic E-state index is 12.1. The van der Waals surface area contributed by atoms with E-state index in [1.54, 1.807) is 11.9 Å². The molecule has 0 aliphatic carbocycles. The van der Waals surface area contributed by atoms with Gasteiger partial charge in [-0.3, -0.25) is 10.1 Å². The average Bonchev–Trinajstić information content (AvgIpc) is 2.58. The number of amides is 1. The van der Waals surface area contributed by atoms with Crippen molar-refractivity contribution in [3.05, 3.63) is 64.7 Å². The van der Waals surface area contributed by atoms with E-state index in [4.69, 9.17) is 11.6 Å². The van der Waals surface area contributed by atoms with Crippen molar-refractivity contribution >= 4 is 23.2 Å². The molecule has 0 fully saturated rings. The summed E-state index contributed by atoms with van der Waals surface area (Å²) in [5, 5.41) is 3.99. The second-order valence-corrected chi connectivity index (χ2v) is 5.32. The summed E-state index contributed by atoms with van der Waals surface area (Å²) in [6.45, 7) is 0.308. The molecule has 0 aromatic heterocycles. The van der Waals surface area contributed by atoms with E-state index in [1.807, 2.05) is 36.4 Å². The first-order chi connectivity index (χ1) is 9.66. The number of carbonyl (C=O) groups excluding carboxylic acids is 1. The van der Waals surface area contributed by atoms with Crippen molar-refractivity contribution < 1.29 is 4.79 Å². The largest absolute Gasteiger partial charge is 0.314 e. The van der Waals surface area contributed by atoms with Crippen molar-refractivity contribution in [3.8, 4) is 0 Å². The normalized spacial score (nSPS) is 18.6. The van der Waals surface area contributed by atoms with E-state index in [0.29, 0.717) is 11.6 Å². The van der Waals surface area contributed by atoms with E-state index in [9.17, 15) is 4.79 Å². The Bertz CT molecular complexity index is 642. The van der Waals surface area contributed by atoms with E-state index < -0.39 is 0 Å². The van der Waals surface area contributed by atoms with Gasteiger partial charge in [0, 0.05) is 17.8 Å². The van der Waals surface area contributed by atoms with E-state index >= 15 is 0 Å². The zero-order valence-corrected chi connectivity index (χ0v) is 11.9. The van der Waals surface area contributed by atoms with Crippen LogP contribution in [-0.2, 0) is 4.79 Å². The smallest absolute Gasteiger partial charge is 0.240 e. The number of nitrogens with one attached hydrogen (secondary N) is 1. The predicted octanol–water partition coefficient (Wildman–Crippen LogP) is 3.00. The maximum Gasteiger partial charge on any atom is 0.240 e. The number of likely N-dealkylation sites (N-methyl/N-ethyl adjacent to an activating group) is 1. The van der Waals surface area contributed by atoms with Crippen LogP contribution >= 0.6 is 11.6 Å². The third-order valence-corrected chi connectivity index (χ3v) is 3.86. The SMILES string of the molecule is CN1C(=O)CN[C@H](c2ccccc2)c2cc(Cl)ccc21. The van der Waals surface area contributed by atoms with Crippen LogP contribution in [0, 0.1) is 0 Å². The molecule has 4 heteroatoms. The Morgan fingerprint density at radius 2 is 1.95 bits per heavy atom. The van der Waals surface area contributed by atoms with Gasteiger partial charge in [-0.05, 0) is 29.3 Å². The van der Waals surface area contributed by atoms with Crippen molar-refractivity contribution in [1.29, 1.82) is 0 Å². The zero-order valence-electron chi connectivity index (χ0n) is 11.1. The van der Waals surface area contributed by atoms with Gasteiger partial charge in [-0.15, -0.1) is 0 Å². The Balaban J connectivity index is 2.15. The molecule has 1 atom stereocenters. The number of hydrogen-bond donors (Lipinski definition) is 1. The van der Waals surface area contributed by atoms with Gasteiger partial charge >= 0.3 is 0 Å². The number of carbonyl (C=O) groups is 1. The summed E-state index contributed by atoms with van der Waals surface area (Å²) in [7, 11) is 1.80. The fraction of sp³-hybridized carbons (Fsp3) is 0.188. The molecule has 2 aromatic carbocycles. The minimum absolute atomic E-state index is 0.0289. The van der Waals surface area contributed by atoms with Gasteiger partial charge in [0.1, 0.15) is 0 Å². The van der Waals surface area contributed by atoms with Crippen LogP contribution in [0.2, 0.25) is 5.02 Å². The molecule has 3 rings (SSSR count). The van der Waals surface area contributed by atoms with E-state index in [1.165, 1.54) is 0 Å². The standard InChI is InChI=1S/C16H15ClN2O/c1-19-14-8-7-12(17)9-13(14)16(18-10-15(19)20)11-5-3-2-4-6-11/h2-9,16,18H,10H2,1H3/t16-/m1/s1. The molecule has 1 amide bonds. The van der Waals surface area contributed by atoms with Gasteiger partial charge in [-0.2, -0.15) is 0 Å². The Labute approximate surface area is 123 Å². The molecule has 0 radical (unpaired) electrons. The highest BCUT2D eigenvalue weighted by atomic mass is 35.5. The highest BCUT2D eigenvalue weighted by molar-refractivity contribution is 6.30. The summed E-state index contributed by atoms with van der Waals surface area (Å²) in [6.07, 6.45) is 0. The maximum absolute atomic E-state index is 12.1. The van der Waals surface area contributed by atoms with Crippen LogP contribution in [0.3, 0.4) is 0 Å². The van der Waals surface area contributed by atoms with Crippen molar-refractivity contribution in [3.63, 3.8) is 0 Å². The molecule has 0 bridgehead atoms. The fourth-order valence-corrected chi connectivity index (χ4v) is 2.74. The zero-order chi connectivity index (χ0) is 14.1. The van der Waals surface area contributed by atoms with Crippen LogP contribution < -0.4 is 10.2 Å². The van der Waals surface area contributed by atoms with Gasteiger partial charge in [0.2, 0.25) is 5.91 Å². The third-order valence-electron chi connectivity index (χ3n) is 3.63. The van der Waals surface area contributed by atoms with E-state index in [2.05, 4.69) is 17.4 Å². The number of hydrogen-bond acceptors (Lipinski definition) is 2. The molecular formula is C16H15ClN2O. The lowest BCUT2D eigenvalue weighted by Gasteiger charge is -2.21. The highest BCUT2D eigenvalue weighted by Crippen LogP contribution is 2.34. The van der Waals surface area contributed by atoms with Crippen molar-refractivity contribution in [2.75, 3.05) is 18.5 Å². The number of halogens is 1. The number of nitrogens with zero attached hydrogens (tertiary/aromatic N) is 1. The first-order valence-electron chi connectivity index (χ1n) is 6.51. The van der Waals surface area contributed by atoms with Gasteiger partial charge in [-0.25, -0.2) is 0 Å². The highest BCUT2D eigenvalue weighted by Gasteiger charge is 2.26. The lowest BCUT2D eigenvalue weighted by atomic mass is 9.97. The molecule has 1 heterocycles. The molecule has 2 aromatic rings. The minimum atomic E-state index is -0.0289. The quantitative estimate of drug-likeness (QED) is 0.874. The van der Waals surface area contributed by atoms with E-state index in [0.717, 1.165) is 16.8 Å². The summed E-state index contributed by atoms with van der Waals surface area (Å²) in [4.78, 5) is 13.8.